The SMILES string of the molecule is COC(=O)Cc1cc2ccc(O)cc2[nH]c1=O. The van der Waals surface area contributed by atoms with Gasteiger partial charge in [0, 0.05) is 11.6 Å². The first kappa shape index (κ1) is 11.2. The molecule has 0 saturated carbocycles. The number of hydrogen-bond acceptors (Lipinski definition) is 4. The summed E-state index contributed by atoms with van der Waals surface area (Å²) in [6, 6.07) is 6.26. The third-order valence-corrected chi connectivity index (χ3v) is 2.47. The van der Waals surface area contributed by atoms with Crippen LogP contribution in [0.15, 0.2) is 29.1 Å². The molecule has 0 radical (unpaired) electrons. The lowest BCUT2D eigenvalue weighted by Crippen LogP contribution is -2.16. The van der Waals surface area contributed by atoms with Crippen molar-refractivity contribution in [2.75, 3.05) is 7.11 Å². The van der Waals surface area contributed by atoms with Crippen LogP contribution in [0.25, 0.3) is 10.9 Å². The molecule has 1 aromatic heterocycles. The van der Waals surface area contributed by atoms with Gasteiger partial charge in [-0.25, -0.2) is 0 Å². The second kappa shape index (κ2) is 4.29. The first-order valence-electron chi connectivity index (χ1n) is 5.02. The van der Waals surface area contributed by atoms with E-state index in [1.165, 1.54) is 19.2 Å². The number of aromatic nitrogens is 1. The van der Waals surface area contributed by atoms with Crippen molar-refractivity contribution < 1.29 is 14.6 Å². The lowest BCUT2D eigenvalue weighted by atomic mass is 10.1. The number of methoxy groups -OCH3 is 1. The fourth-order valence-electron chi connectivity index (χ4n) is 1.59. The highest BCUT2D eigenvalue weighted by Gasteiger charge is 2.08. The third kappa shape index (κ3) is 2.28. The zero-order chi connectivity index (χ0) is 12.4. The molecule has 17 heavy (non-hydrogen) atoms. The topological polar surface area (TPSA) is 79.4 Å². The molecule has 1 heterocycles. The van der Waals surface area contributed by atoms with Gasteiger partial charge in [0.05, 0.1) is 19.0 Å². The van der Waals surface area contributed by atoms with Gasteiger partial charge >= 0.3 is 5.97 Å². The van der Waals surface area contributed by atoms with Gasteiger partial charge in [0.1, 0.15) is 5.75 Å². The first-order valence-corrected chi connectivity index (χ1v) is 5.02. The number of nitrogens with one attached hydrogen (secondary N) is 1. The average Bonchev–Trinajstić information content (AvgIpc) is 2.30. The standard InChI is InChI=1S/C12H11NO4/c1-17-11(15)5-8-4-7-2-3-9(14)6-10(7)13-12(8)16/h2-4,6,14H,5H2,1H3,(H,13,16). The summed E-state index contributed by atoms with van der Waals surface area (Å²) in [5.74, 6) is -0.387. The molecule has 0 aliphatic carbocycles. The van der Waals surface area contributed by atoms with Gasteiger partial charge in [-0.1, -0.05) is 0 Å². The van der Waals surface area contributed by atoms with Gasteiger partial charge in [0.2, 0.25) is 0 Å². The summed E-state index contributed by atoms with van der Waals surface area (Å²) in [5.41, 5.74) is 0.521. The Hall–Kier alpha value is -2.30. The van der Waals surface area contributed by atoms with Crippen LogP contribution in [0.3, 0.4) is 0 Å². The Morgan fingerprint density at radius 3 is 2.88 bits per heavy atom. The normalized spacial score (nSPS) is 10.4. The quantitative estimate of drug-likeness (QED) is 0.757. The summed E-state index contributed by atoms with van der Waals surface area (Å²) in [6.07, 6.45) is -0.0668. The summed E-state index contributed by atoms with van der Waals surface area (Å²) in [6.45, 7) is 0. The van der Waals surface area contributed by atoms with Crippen LogP contribution in [0.1, 0.15) is 5.56 Å². The largest absolute Gasteiger partial charge is 0.508 e. The Kier molecular flexibility index (Phi) is 2.82. The number of phenols is 1. The zero-order valence-electron chi connectivity index (χ0n) is 9.19. The van der Waals surface area contributed by atoms with Gasteiger partial charge < -0.3 is 14.8 Å². The van der Waals surface area contributed by atoms with E-state index < -0.39 is 5.97 Å². The van der Waals surface area contributed by atoms with E-state index in [-0.39, 0.29) is 17.7 Å². The van der Waals surface area contributed by atoms with Gasteiger partial charge in [-0.05, 0) is 23.6 Å². The van der Waals surface area contributed by atoms with E-state index in [9.17, 15) is 14.7 Å². The van der Waals surface area contributed by atoms with Gasteiger partial charge in [-0.3, -0.25) is 9.59 Å². The second-order valence-corrected chi connectivity index (χ2v) is 3.65. The number of pyridine rings is 1. The van der Waals surface area contributed by atoms with Crippen molar-refractivity contribution in [3.05, 3.63) is 40.2 Å². The second-order valence-electron chi connectivity index (χ2n) is 3.65. The molecule has 0 spiro atoms. The van der Waals surface area contributed by atoms with E-state index in [4.69, 9.17) is 0 Å². The van der Waals surface area contributed by atoms with E-state index in [1.807, 2.05) is 0 Å². The van der Waals surface area contributed by atoms with Crippen molar-refractivity contribution in [3.8, 4) is 5.75 Å². The fraction of sp³-hybridized carbons (Fsp3) is 0.167. The van der Waals surface area contributed by atoms with Crippen LogP contribution in [0.4, 0.5) is 0 Å². The molecule has 0 aliphatic rings. The highest BCUT2D eigenvalue weighted by Crippen LogP contribution is 2.17. The Bertz CT molecular complexity index is 630. The third-order valence-electron chi connectivity index (χ3n) is 2.47. The Morgan fingerprint density at radius 2 is 2.18 bits per heavy atom. The van der Waals surface area contributed by atoms with Crippen LogP contribution >= 0.6 is 0 Å². The summed E-state index contributed by atoms with van der Waals surface area (Å²) < 4.78 is 4.51. The minimum Gasteiger partial charge on any atom is -0.508 e. The molecule has 0 aliphatic heterocycles. The minimum absolute atomic E-state index is 0.0668. The molecule has 1 aromatic carbocycles. The number of aromatic amines is 1. The van der Waals surface area contributed by atoms with E-state index in [0.717, 1.165) is 5.39 Å². The number of ether oxygens (including phenoxy) is 1. The van der Waals surface area contributed by atoms with E-state index in [2.05, 4.69) is 9.72 Å². The number of fused-ring (bicyclic) bond motifs is 1. The number of aromatic hydroxyl groups is 1. The summed E-state index contributed by atoms with van der Waals surface area (Å²) in [4.78, 5) is 25.4. The number of H-pyrrole nitrogens is 1. The summed E-state index contributed by atoms with van der Waals surface area (Å²) in [5, 5.41) is 10.0. The highest BCUT2D eigenvalue weighted by atomic mass is 16.5. The minimum atomic E-state index is -0.464. The number of phenolic OH excluding ortho intramolecular Hbond substituents is 1. The molecule has 5 heteroatoms. The number of carbonyl (C=O) groups is 1. The van der Waals surface area contributed by atoms with Gasteiger partial charge in [0.15, 0.2) is 0 Å². The predicted octanol–water partition coefficient (Wildman–Crippen LogP) is 0.949. The van der Waals surface area contributed by atoms with Crippen LogP contribution in [-0.2, 0) is 16.0 Å². The van der Waals surface area contributed by atoms with Crippen molar-refractivity contribution in [2.24, 2.45) is 0 Å². The number of rotatable bonds is 2. The molecule has 0 unspecified atom stereocenters. The fourth-order valence-corrected chi connectivity index (χ4v) is 1.59. The number of esters is 1. The van der Waals surface area contributed by atoms with Crippen molar-refractivity contribution in [2.45, 2.75) is 6.42 Å². The number of benzene rings is 1. The maximum atomic E-state index is 11.7. The molecule has 0 amide bonds. The van der Waals surface area contributed by atoms with Gasteiger partial charge in [-0.15, -0.1) is 0 Å². The van der Waals surface area contributed by atoms with E-state index in [1.54, 1.807) is 12.1 Å². The molecule has 2 N–H and O–H groups in total. The van der Waals surface area contributed by atoms with Crippen LogP contribution in [0.5, 0.6) is 5.75 Å². The molecule has 0 atom stereocenters. The molecular weight excluding hydrogens is 222 g/mol. The van der Waals surface area contributed by atoms with Crippen molar-refractivity contribution >= 4 is 16.9 Å². The highest BCUT2D eigenvalue weighted by molar-refractivity contribution is 5.81. The lowest BCUT2D eigenvalue weighted by Gasteiger charge is -2.03. The van der Waals surface area contributed by atoms with Gasteiger partial charge in [-0.2, -0.15) is 0 Å². The smallest absolute Gasteiger partial charge is 0.310 e. The zero-order valence-corrected chi connectivity index (χ0v) is 9.19. The Balaban J connectivity index is 2.52. The molecule has 0 bridgehead atoms. The molecule has 5 nitrogen and oxygen atoms in total. The number of hydrogen-bond donors (Lipinski definition) is 2. The summed E-state index contributed by atoms with van der Waals surface area (Å²) in [7, 11) is 1.27. The maximum absolute atomic E-state index is 11.7. The monoisotopic (exact) mass is 233 g/mol. The Labute approximate surface area is 96.7 Å². The molecule has 2 rings (SSSR count). The molecule has 0 fully saturated rings. The van der Waals surface area contributed by atoms with E-state index in [0.29, 0.717) is 11.1 Å². The van der Waals surface area contributed by atoms with Crippen LogP contribution in [0, 0.1) is 0 Å². The Morgan fingerprint density at radius 1 is 1.41 bits per heavy atom. The molecule has 0 saturated heterocycles. The predicted molar refractivity (Wildman–Crippen MR) is 62.0 cm³/mol. The molecular formula is C12H11NO4. The van der Waals surface area contributed by atoms with Crippen LogP contribution in [-0.4, -0.2) is 23.2 Å². The maximum Gasteiger partial charge on any atom is 0.310 e. The van der Waals surface area contributed by atoms with Crippen molar-refractivity contribution in [3.63, 3.8) is 0 Å². The average molecular weight is 233 g/mol. The van der Waals surface area contributed by atoms with Crippen LogP contribution in [0.2, 0.25) is 0 Å². The number of carbonyl (C=O) groups excluding carboxylic acids is 1. The molecule has 2 aromatic rings. The lowest BCUT2D eigenvalue weighted by molar-refractivity contribution is -0.139. The van der Waals surface area contributed by atoms with Crippen molar-refractivity contribution in [1.82, 2.24) is 4.98 Å². The van der Waals surface area contributed by atoms with E-state index >= 15 is 0 Å². The van der Waals surface area contributed by atoms with Gasteiger partial charge in [0.25, 0.3) is 5.56 Å². The van der Waals surface area contributed by atoms with Crippen LogP contribution < -0.4 is 5.56 Å². The molecule has 88 valence electrons. The summed E-state index contributed by atoms with van der Waals surface area (Å²) >= 11 is 0. The first-order chi connectivity index (χ1) is 8.10. The van der Waals surface area contributed by atoms with Crippen molar-refractivity contribution in [1.29, 1.82) is 0 Å².